The van der Waals surface area contributed by atoms with Gasteiger partial charge < -0.3 is 19.3 Å². The first-order valence-electron chi connectivity index (χ1n) is 8.45. The van der Waals surface area contributed by atoms with Crippen LogP contribution < -0.4 is 14.4 Å². The number of amides is 1. The van der Waals surface area contributed by atoms with Gasteiger partial charge in [-0.1, -0.05) is 0 Å². The molecule has 0 saturated carbocycles. The molecule has 1 aromatic carbocycles. The summed E-state index contributed by atoms with van der Waals surface area (Å²) in [7, 11) is 3.33. The van der Waals surface area contributed by atoms with Gasteiger partial charge in [0.25, 0.3) is 5.91 Å². The molecule has 0 aliphatic carbocycles. The monoisotopic (exact) mass is 342 g/mol. The van der Waals surface area contributed by atoms with Crippen molar-refractivity contribution in [2.45, 2.75) is 6.54 Å². The largest absolute Gasteiger partial charge is 0.497 e. The van der Waals surface area contributed by atoms with Crippen LogP contribution in [0, 0.1) is 0 Å². The number of quaternary nitrogens is 1. The third kappa shape index (κ3) is 4.09. The van der Waals surface area contributed by atoms with E-state index in [1.165, 1.54) is 4.90 Å². The molecule has 1 fully saturated rings. The van der Waals surface area contributed by atoms with Crippen LogP contribution in [0.15, 0.2) is 42.7 Å². The van der Waals surface area contributed by atoms with Crippen LogP contribution in [-0.2, 0) is 6.54 Å². The molecule has 1 amide bonds. The molecule has 3 rings (SSSR count). The fraction of sp³-hybridized carbons (Fsp3) is 0.368. The van der Waals surface area contributed by atoms with Crippen molar-refractivity contribution in [1.82, 2.24) is 9.88 Å². The number of rotatable bonds is 5. The van der Waals surface area contributed by atoms with Crippen LogP contribution in [0.4, 0.5) is 0 Å². The topological polar surface area (TPSA) is 56.1 Å². The highest BCUT2D eigenvalue weighted by Gasteiger charge is 2.25. The first-order chi connectivity index (χ1) is 12.2. The Bertz CT molecular complexity index is 713. The Morgan fingerprint density at radius 2 is 2.00 bits per heavy atom. The van der Waals surface area contributed by atoms with Gasteiger partial charge in [-0.05, 0) is 24.3 Å². The van der Waals surface area contributed by atoms with E-state index in [9.17, 15) is 4.79 Å². The van der Waals surface area contributed by atoms with Gasteiger partial charge in [-0.15, -0.1) is 0 Å². The van der Waals surface area contributed by atoms with Crippen LogP contribution in [-0.4, -0.2) is 56.2 Å². The maximum absolute atomic E-state index is 12.5. The maximum atomic E-state index is 12.5. The number of nitrogens with zero attached hydrogens (tertiary/aromatic N) is 2. The lowest BCUT2D eigenvalue weighted by atomic mass is 10.1. The molecule has 25 heavy (non-hydrogen) atoms. The third-order valence-electron chi connectivity index (χ3n) is 4.60. The van der Waals surface area contributed by atoms with E-state index in [2.05, 4.69) is 11.1 Å². The zero-order valence-corrected chi connectivity index (χ0v) is 14.7. The fourth-order valence-corrected chi connectivity index (χ4v) is 3.14. The van der Waals surface area contributed by atoms with E-state index in [1.54, 1.807) is 32.7 Å². The molecule has 0 atom stereocenters. The Hall–Kier alpha value is -2.60. The second-order valence-electron chi connectivity index (χ2n) is 6.14. The number of pyridine rings is 1. The quantitative estimate of drug-likeness (QED) is 0.866. The highest BCUT2D eigenvalue weighted by molar-refractivity contribution is 5.93. The summed E-state index contributed by atoms with van der Waals surface area (Å²) in [6, 6.07) is 9.54. The number of methoxy groups -OCH3 is 2. The van der Waals surface area contributed by atoms with Crippen molar-refractivity contribution < 1.29 is 19.2 Å². The van der Waals surface area contributed by atoms with Gasteiger partial charge in [0.15, 0.2) is 0 Å². The molecule has 1 N–H and O–H groups in total. The van der Waals surface area contributed by atoms with Crippen LogP contribution in [0.1, 0.15) is 15.9 Å². The SMILES string of the molecule is COc1ccc(C[NH+]2CCN(C(=O)c3cccnc3)CC2)c(OC)c1. The van der Waals surface area contributed by atoms with E-state index in [4.69, 9.17) is 9.47 Å². The van der Waals surface area contributed by atoms with Gasteiger partial charge in [-0.25, -0.2) is 0 Å². The van der Waals surface area contributed by atoms with Gasteiger partial charge >= 0.3 is 0 Å². The summed E-state index contributed by atoms with van der Waals surface area (Å²) in [5, 5.41) is 0. The van der Waals surface area contributed by atoms with Gasteiger partial charge in [0.05, 0.1) is 46.0 Å². The molecule has 2 heterocycles. The number of carbonyl (C=O) groups excluding carboxylic acids is 1. The molecule has 0 spiro atoms. The number of aromatic nitrogens is 1. The second kappa shape index (κ2) is 7.98. The minimum atomic E-state index is 0.0641. The zero-order chi connectivity index (χ0) is 17.6. The van der Waals surface area contributed by atoms with Crippen LogP contribution in [0.5, 0.6) is 11.5 Å². The molecule has 0 unspecified atom stereocenters. The Balaban J connectivity index is 1.59. The van der Waals surface area contributed by atoms with Crippen LogP contribution >= 0.6 is 0 Å². The van der Waals surface area contributed by atoms with Gasteiger partial charge in [0, 0.05) is 24.0 Å². The molecule has 1 aromatic heterocycles. The lowest BCUT2D eigenvalue weighted by Gasteiger charge is -2.32. The number of nitrogens with one attached hydrogen (secondary N) is 1. The Morgan fingerprint density at radius 3 is 2.64 bits per heavy atom. The Kier molecular flexibility index (Phi) is 5.50. The average molecular weight is 342 g/mol. The number of benzene rings is 1. The highest BCUT2D eigenvalue weighted by Crippen LogP contribution is 2.23. The lowest BCUT2D eigenvalue weighted by molar-refractivity contribution is -0.917. The molecule has 6 heteroatoms. The average Bonchev–Trinajstić information content (AvgIpc) is 2.69. The second-order valence-corrected chi connectivity index (χ2v) is 6.14. The van der Waals surface area contributed by atoms with Crippen LogP contribution in [0.25, 0.3) is 0 Å². The molecule has 0 bridgehead atoms. The van der Waals surface area contributed by atoms with Crippen LogP contribution in [0.2, 0.25) is 0 Å². The number of ether oxygens (including phenoxy) is 2. The summed E-state index contributed by atoms with van der Waals surface area (Å²) in [5.41, 5.74) is 1.81. The number of hydrogen-bond donors (Lipinski definition) is 1. The van der Waals surface area contributed by atoms with E-state index in [-0.39, 0.29) is 5.91 Å². The van der Waals surface area contributed by atoms with Crippen molar-refractivity contribution in [2.24, 2.45) is 0 Å². The summed E-state index contributed by atoms with van der Waals surface area (Å²) in [6.45, 7) is 4.22. The maximum Gasteiger partial charge on any atom is 0.255 e. The summed E-state index contributed by atoms with van der Waals surface area (Å²) < 4.78 is 10.7. The normalized spacial score (nSPS) is 15.0. The minimum Gasteiger partial charge on any atom is -0.497 e. The Morgan fingerprint density at radius 1 is 1.20 bits per heavy atom. The predicted molar refractivity (Wildman–Crippen MR) is 94.1 cm³/mol. The third-order valence-corrected chi connectivity index (χ3v) is 4.60. The lowest BCUT2D eigenvalue weighted by Crippen LogP contribution is -3.13. The molecule has 132 valence electrons. The van der Waals surface area contributed by atoms with Crippen LogP contribution in [0.3, 0.4) is 0 Å². The molecule has 2 aromatic rings. The number of carbonyl (C=O) groups is 1. The summed E-state index contributed by atoms with van der Waals surface area (Å²) in [5.74, 6) is 1.71. The zero-order valence-electron chi connectivity index (χ0n) is 14.7. The van der Waals surface area contributed by atoms with E-state index in [0.717, 1.165) is 49.8 Å². The minimum absolute atomic E-state index is 0.0641. The molecular formula is C19H24N3O3+. The molecule has 6 nitrogen and oxygen atoms in total. The van der Waals surface area contributed by atoms with E-state index >= 15 is 0 Å². The molecule has 1 saturated heterocycles. The fourth-order valence-electron chi connectivity index (χ4n) is 3.14. The van der Waals surface area contributed by atoms with Crippen molar-refractivity contribution >= 4 is 5.91 Å². The summed E-state index contributed by atoms with van der Waals surface area (Å²) >= 11 is 0. The van der Waals surface area contributed by atoms with Gasteiger partial charge in [0.2, 0.25) is 0 Å². The molecule has 1 aliphatic heterocycles. The molecule has 1 aliphatic rings. The first kappa shape index (κ1) is 17.2. The molecular weight excluding hydrogens is 318 g/mol. The number of piperazine rings is 1. The molecule has 0 radical (unpaired) electrons. The predicted octanol–water partition coefficient (Wildman–Crippen LogP) is 0.640. The van der Waals surface area contributed by atoms with Crippen molar-refractivity contribution in [3.05, 3.63) is 53.9 Å². The smallest absolute Gasteiger partial charge is 0.255 e. The first-order valence-corrected chi connectivity index (χ1v) is 8.45. The van der Waals surface area contributed by atoms with Gasteiger partial charge in [-0.2, -0.15) is 0 Å². The van der Waals surface area contributed by atoms with Gasteiger partial charge in [0.1, 0.15) is 18.0 Å². The number of hydrogen-bond acceptors (Lipinski definition) is 4. The van der Waals surface area contributed by atoms with E-state index in [0.29, 0.717) is 5.56 Å². The van der Waals surface area contributed by atoms with Crippen molar-refractivity contribution in [1.29, 1.82) is 0 Å². The van der Waals surface area contributed by atoms with Crippen molar-refractivity contribution in [3.8, 4) is 11.5 Å². The highest BCUT2D eigenvalue weighted by atomic mass is 16.5. The summed E-state index contributed by atoms with van der Waals surface area (Å²) in [6.07, 6.45) is 3.31. The summed E-state index contributed by atoms with van der Waals surface area (Å²) in [4.78, 5) is 19.9. The van der Waals surface area contributed by atoms with E-state index in [1.807, 2.05) is 23.1 Å². The van der Waals surface area contributed by atoms with Gasteiger partial charge in [-0.3, -0.25) is 9.78 Å². The standard InChI is InChI=1S/C19H23N3O3/c1-24-17-6-5-16(18(12-17)25-2)14-21-8-10-22(11-9-21)19(23)15-4-3-7-20-13-15/h3-7,12-13H,8-11,14H2,1-2H3/p+1. The van der Waals surface area contributed by atoms with Crippen molar-refractivity contribution in [3.63, 3.8) is 0 Å². The van der Waals surface area contributed by atoms with Crippen molar-refractivity contribution in [2.75, 3.05) is 40.4 Å². The van der Waals surface area contributed by atoms with E-state index < -0.39 is 0 Å². The Labute approximate surface area is 148 Å².